The van der Waals surface area contributed by atoms with Crippen LogP contribution in [0.5, 0.6) is 0 Å². The maximum atomic E-state index is 9.80. The molecule has 0 saturated carbocycles. The van der Waals surface area contributed by atoms with Crippen LogP contribution in [0.25, 0.3) is 0 Å². The highest BCUT2D eigenvalue weighted by molar-refractivity contribution is 4.75. The Labute approximate surface area is 161 Å². The number of ether oxygens (including phenoxy) is 2. The molecule has 0 aliphatic rings. The highest BCUT2D eigenvalue weighted by atomic mass is 16.6. The predicted molar refractivity (Wildman–Crippen MR) is 106 cm³/mol. The molecule has 5 nitrogen and oxygen atoms in total. The number of aliphatic hydroxyl groups excluding tert-OH is 3. The van der Waals surface area contributed by atoms with Crippen LogP contribution in [-0.2, 0) is 9.47 Å². The number of rotatable bonds is 19. The summed E-state index contributed by atoms with van der Waals surface area (Å²) in [5.74, 6) is 0.522. The van der Waals surface area contributed by atoms with Gasteiger partial charge in [-0.2, -0.15) is 0 Å². The normalized spacial score (nSPS) is 16.4. The zero-order chi connectivity index (χ0) is 19.6. The van der Waals surface area contributed by atoms with Crippen molar-refractivity contribution in [3.8, 4) is 0 Å². The smallest absolute Gasteiger partial charge is 0.107 e. The molecular formula is C21H44O5. The van der Waals surface area contributed by atoms with Crippen molar-refractivity contribution in [2.75, 3.05) is 26.4 Å². The predicted octanol–water partition coefficient (Wildman–Crippen LogP) is 3.68. The Hall–Kier alpha value is -0.200. The summed E-state index contributed by atoms with van der Waals surface area (Å²) in [6.07, 6.45) is 9.71. The lowest BCUT2D eigenvalue weighted by atomic mass is 9.91. The van der Waals surface area contributed by atoms with Crippen LogP contribution >= 0.6 is 0 Å². The summed E-state index contributed by atoms with van der Waals surface area (Å²) in [4.78, 5) is 0. The summed E-state index contributed by atoms with van der Waals surface area (Å²) in [6.45, 7) is 6.87. The fraction of sp³-hybridized carbons (Fsp3) is 1.00. The monoisotopic (exact) mass is 376 g/mol. The van der Waals surface area contributed by atoms with Crippen LogP contribution in [0.15, 0.2) is 0 Å². The van der Waals surface area contributed by atoms with Crippen LogP contribution in [0, 0.1) is 5.92 Å². The lowest BCUT2D eigenvalue weighted by Crippen LogP contribution is -2.38. The highest BCUT2D eigenvalue weighted by Crippen LogP contribution is 2.23. The second-order valence-electron chi connectivity index (χ2n) is 7.37. The number of aliphatic hydroxyl groups is 3. The summed E-state index contributed by atoms with van der Waals surface area (Å²) in [5, 5.41) is 28.4. The zero-order valence-corrected chi connectivity index (χ0v) is 17.4. The molecule has 0 radical (unpaired) electrons. The minimum atomic E-state index is -0.887. The average molecular weight is 377 g/mol. The molecule has 0 aromatic heterocycles. The first-order chi connectivity index (χ1) is 12.6. The van der Waals surface area contributed by atoms with Gasteiger partial charge < -0.3 is 24.8 Å². The molecule has 0 spiro atoms. The Balaban J connectivity index is 4.57. The lowest BCUT2D eigenvalue weighted by molar-refractivity contribution is -0.119. The molecule has 0 bridgehead atoms. The fourth-order valence-corrected chi connectivity index (χ4v) is 3.14. The van der Waals surface area contributed by atoms with Gasteiger partial charge in [0.1, 0.15) is 12.2 Å². The van der Waals surface area contributed by atoms with Crippen LogP contribution < -0.4 is 0 Å². The van der Waals surface area contributed by atoms with E-state index in [1.807, 2.05) is 0 Å². The van der Waals surface area contributed by atoms with Crippen molar-refractivity contribution in [2.45, 2.75) is 103 Å². The molecule has 0 saturated heterocycles. The van der Waals surface area contributed by atoms with Gasteiger partial charge in [-0.25, -0.2) is 0 Å². The minimum absolute atomic E-state index is 0.0712. The van der Waals surface area contributed by atoms with Gasteiger partial charge in [0.25, 0.3) is 0 Å². The maximum absolute atomic E-state index is 9.80. The van der Waals surface area contributed by atoms with E-state index in [-0.39, 0.29) is 32.0 Å². The van der Waals surface area contributed by atoms with Crippen molar-refractivity contribution in [3.05, 3.63) is 0 Å². The second-order valence-corrected chi connectivity index (χ2v) is 7.37. The average Bonchev–Trinajstić information content (AvgIpc) is 2.67. The molecule has 0 aliphatic carbocycles. The molecule has 0 fully saturated rings. The standard InChI is InChI=1S/C21H44O5/c1-4-7-9-10-11-13-25-21(16-23)20(26-17-19(24)15-22)14-18(6-3)12-8-5-2/h18-24H,4-17H2,1-3H3. The minimum Gasteiger partial charge on any atom is -0.394 e. The third kappa shape index (κ3) is 13.0. The molecule has 26 heavy (non-hydrogen) atoms. The zero-order valence-electron chi connectivity index (χ0n) is 17.4. The maximum Gasteiger partial charge on any atom is 0.107 e. The van der Waals surface area contributed by atoms with E-state index in [1.54, 1.807) is 0 Å². The van der Waals surface area contributed by atoms with E-state index in [1.165, 1.54) is 32.1 Å². The van der Waals surface area contributed by atoms with Gasteiger partial charge in [-0.15, -0.1) is 0 Å². The quantitative estimate of drug-likeness (QED) is 0.300. The highest BCUT2D eigenvalue weighted by Gasteiger charge is 2.26. The van der Waals surface area contributed by atoms with Gasteiger partial charge in [-0.1, -0.05) is 72.1 Å². The van der Waals surface area contributed by atoms with Crippen molar-refractivity contribution in [3.63, 3.8) is 0 Å². The first kappa shape index (κ1) is 25.8. The largest absolute Gasteiger partial charge is 0.394 e. The van der Waals surface area contributed by atoms with E-state index < -0.39 is 6.10 Å². The van der Waals surface area contributed by atoms with Gasteiger partial charge in [-0.05, 0) is 18.8 Å². The number of unbranched alkanes of at least 4 members (excludes halogenated alkanes) is 5. The van der Waals surface area contributed by atoms with Crippen molar-refractivity contribution >= 4 is 0 Å². The van der Waals surface area contributed by atoms with E-state index in [0.717, 1.165) is 32.1 Å². The van der Waals surface area contributed by atoms with Gasteiger partial charge in [0.15, 0.2) is 0 Å². The van der Waals surface area contributed by atoms with E-state index in [2.05, 4.69) is 20.8 Å². The van der Waals surface area contributed by atoms with Crippen LogP contribution in [-0.4, -0.2) is 60.1 Å². The van der Waals surface area contributed by atoms with Gasteiger partial charge in [-0.3, -0.25) is 0 Å². The number of hydrogen-bond donors (Lipinski definition) is 3. The van der Waals surface area contributed by atoms with E-state index >= 15 is 0 Å². The summed E-state index contributed by atoms with van der Waals surface area (Å²) >= 11 is 0. The van der Waals surface area contributed by atoms with E-state index in [9.17, 15) is 10.2 Å². The molecule has 0 heterocycles. The van der Waals surface area contributed by atoms with Crippen LogP contribution in [0.2, 0.25) is 0 Å². The van der Waals surface area contributed by atoms with Gasteiger partial charge in [0, 0.05) is 6.61 Å². The van der Waals surface area contributed by atoms with Crippen molar-refractivity contribution in [1.29, 1.82) is 0 Å². The lowest BCUT2D eigenvalue weighted by Gasteiger charge is -2.30. The van der Waals surface area contributed by atoms with Crippen LogP contribution in [0.3, 0.4) is 0 Å². The SMILES string of the molecule is CCCCCCCOC(CO)C(CC(CC)CCCC)OCC(O)CO. The molecule has 0 amide bonds. The molecule has 158 valence electrons. The fourth-order valence-electron chi connectivity index (χ4n) is 3.14. The van der Waals surface area contributed by atoms with Crippen molar-refractivity contribution < 1.29 is 24.8 Å². The Morgan fingerprint density at radius 2 is 1.46 bits per heavy atom. The first-order valence-corrected chi connectivity index (χ1v) is 10.8. The molecule has 4 atom stereocenters. The summed E-state index contributed by atoms with van der Waals surface area (Å²) < 4.78 is 11.8. The second kappa shape index (κ2) is 18.2. The molecule has 0 rings (SSSR count). The van der Waals surface area contributed by atoms with Crippen molar-refractivity contribution in [2.24, 2.45) is 5.92 Å². The third-order valence-corrected chi connectivity index (χ3v) is 5.00. The third-order valence-electron chi connectivity index (χ3n) is 5.00. The molecule has 0 aromatic carbocycles. The molecule has 3 N–H and O–H groups in total. The molecule has 0 aliphatic heterocycles. The van der Waals surface area contributed by atoms with Gasteiger partial charge >= 0.3 is 0 Å². The summed E-state index contributed by atoms with van der Waals surface area (Å²) in [5.41, 5.74) is 0. The Morgan fingerprint density at radius 1 is 0.769 bits per heavy atom. The van der Waals surface area contributed by atoms with E-state index in [0.29, 0.717) is 12.5 Å². The van der Waals surface area contributed by atoms with Gasteiger partial charge in [0.05, 0.1) is 25.9 Å². The Morgan fingerprint density at radius 3 is 2.04 bits per heavy atom. The Kier molecular flexibility index (Phi) is 18.0. The molecular weight excluding hydrogens is 332 g/mol. The molecule has 0 aromatic rings. The van der Waals surface area contributed by atoms with Crippen molar-refractivity contribution in [1.82, 2.24) is 0 Å². The molecule has 5 heteroatoms. The topological polar surface area (TPSA) is 79.2 Å². The number of hydrogen-bond acceptors (Lipinski definition) is 5. The first-order valence-electron chi connectivity index (χ1n) is 10.8. The Bertz CT molecular complexity index is 288. The molecule has 4 unspecified atom stereocenters. The summed E-state index contributed by atoms with van der Waals surface area (Å²) in [6, 6.07) is 0. The van der Waals surface area contributed by atoms with E-state index in [4.69, 9.17) is 14.6 Å². The summed E-state index contributed by atoms with van der Waals surface area (Å²) in [7, 11) is 0. The van der Waals surface area contributed by atoms with Crippen LogP contribution in [0.4, 0.5) is 0 Å². The van der Waals surface area contributed by atoms with Gasteiger partial charge in [0.2, 0.25) is 0 Å². The van der Waals surface area contributed by atoms with Crippen LogP contribution in [0.1, 0.15) is 85.0 Å².